The summed E-state index contributed by atoms with van der Waals surface area (Å²) in [6.07, 6.45) is 4.07. The molecule has 33 heavy (non-hydrogen) atoms. The van der Waals surface area contributed by atoms with Crippen LogP contribution in [0.4, 0.5) is 4.79 Å². The molecule has 2 aromatic carbocycles. The molecule has 176 valence electrons. The lowest BCUT2D eigenvalue weighted by molar-refractivity contribution is 0.193. The molecule has 1 amide bonds. The second kappa shape index (κ2) is 12.7. The first kappa shape index (κ1) is 24.4. The zero-order chi connectivity index (χ0) is 23.5. The molecule has 8 nitrogen and oxygen atoms in total. The van der Waals surface area contributed by atoms with Crippen LogP contribution in [-0.4, -0.2) is 47.0 Å². The summed E-state index contributed by atoms with van der Waals surface area (Å²) >= 11 is 0. The number of amides is 1. The Morgan fingerprint density at radius 1 is 1.15 bits per heavy atom. The number of aliphatic hydroxyl groups excluding tert-OH is 1. The van der Waals surface area contributed by atoms with Crippen molar-refractivity contribution in [2.45, 2.75) is 39.0 Å². The van der Waals surface area contributed by atoms with Gasteiger partial charge in [-0.15, -0.1) is 0 Å². The highest BCUT2D eigenvalue weighted by Gasteiger charge is 2.09. The number of aromatic nitrogens is 1. The fourth-order valence-corrected chi connectivity index (χ4v) is 3.53. The van der Waals surface area contributed by atoms with Crippen molar-refractivity contribution in [2.75, 3.05) is 19.6 Å². The number of nitrogens with zero attached hydrogens (tertiary/aromatic N) is 1. The second-order valence-electron chi connectivity index (χ2n) is 8.07. The van der Waals surface area contributed by atoms with Gasteiger partial charge in [0, 0.05) is 25.2 Å². The van der Waals surface area contributed by atoms with Gasteiger partial charge in [-0.05, 0) is 49.5 Å². The average molecular weight is 453 g/mol. The van der Waals surface area contributed by atoms with E-state index in [2.05, 4.69) is 52.1 Å². The van der Waals surface area contributed by atoms with Gasteiger partial charge in [0.05, 0.1) is 12.3 Å². The SMILES string of the molecule is Cc1ccc(-c2cnco2)cc1.O=C(O)NCc1ccc2c(c1)CCNC2.OC1CCNC1. The van der Waals surface area contributed by atoms with Gasteiger partial charge in [0.25, 0.3) is 0 Å². The number of β-amino-alcohol motifs (C(OH)–C–C–N with tert-alkyl or cyclic N) is 1. The van der Waals surface area contributed by atoms with Crippen molar-refractivity contribution in [3.05, 3.63) is 77.3 Å². The predicted octanol–water partition coefficient (Wildman–Crippen LogP) is 3.09. The number of aryl methyl sites for hydroxylation is 1. The third-order valence-electron chi connectivity index (χ3n) is 5.40. The topological polar surface area (TPSA) is 120 Å². The van der Waals surface area contributed by atoms with Gasteiger partial charge in [0.15, 0.2) is 12.2 Å². The number of nitrogens with one attached hydrogen (secondary N) is 3. The number of aliphatic hydroxyl groups is 1. The lowest BCUT2D eigenvalue weighted by Gasteiger charge is -2.17. The normalized spacial score (nSPS) is 16.5. The van der Waals surface area contributed by atoms with E-state index in [1.54, 1.807) is 6.20 Å². The number of hydrogen-bond acceptors (Lipinski definition) is 6. The minimum absolute atomic E-state index is 0.0648. The highest BCUT2D eigenvalue weighted by Crippen LogP contribution is 2.18. The number of carbonyl (C=O) groups is 1. The molecule has 5 N–H and O–H groups in total. The summed E-state index contributed by atoms with van der Waals surface area (Å²) in [5, 5.41) is 25.9. The van der Waals surface area contributed by atoms with Gasteiger partial charge in [-0.2, -0.15) is 0 Å². The third-order valence-corrected chi connectivity index (χ3v) is 5.40. The molecule has 2 aliphatic heterocycles. The average Bonchev–Trinajstić information content (AvgIpc) is 3.53. The van der Waals surface area contributed by atoms with E-state index in [1.165, 1.54) is 23.1 Å². The second-order valence-corrected chi connectivity index (χ2v) is 8.07. The summed E-state index contributed by atoms with van der Waals surface area (Å²) in [6, 6.07) is 14.3. The summed E-state index contributed by atoms with van der Waals surface area (Å²) in [4.78, 5) is 14.2. The Hall–Kier alpha value is -3.20. The number of carboxylic acid groups (broad SMARTS) is 1. The highest BCUT2D eigenvalue weighted by atomic mass is 16.4. The molecular weight excluding hydrogens is 420 g/mol. The number of fused-ring (bicyclic) bond motifs is 1. The van der Waals surface area contributed by atoms with Crippen LogP contribution in [0.15, 0.2) is 59.5 Å². The molecule has 3 aromatic rings. The largest absolute Gasteiger partial charge is 0.465 e. The molecule has 1 fully saturated rings. The molecule has 0 radical (unpaired) electrons. The molecular formula is C25H32N4O4. The standard InChI is InChI=1S/C11H14N2O2.C10H9NO.C4H9NO/c14-11(15)13-6-8-1-2-10-7-12-4-3-9(10)5-8;1-8-2-4-9(5-3-8)10-6-11-7-12-10;6-4-1-2-5-3-4/h1-2,5,12-13H,3-4,6-7H2,(H,14,15);2-7H,1H3;4-6H,1-3H2. The Balaban J connectivity index is 0.000000151. The quantitative estimate of drug-likeness (QED) is 0.414. The molecule has 0 aliphatic carbocycles. The molecule has 2 aliphatic rings. The first-order chi connectivity index (χ1) is 16.0. The van der Waals surface area contributed by atoms with Crippen molar-refractivity contribution in [3.63, 3.8) is 0 Å². The summed E-state index contributed by atoms with van der Waals surface area (Å²) in [5.41, 5.74) is 5.99. The monoisotopic (exact) mass is 452 g/mol. The van der Waals surface area contributed by atoms with Crippen molar-refractivity contribution in [2.24, 2.45) is 0 Å². The third kappa shape index (κ3) is 8.34. The van der Waals surface area contributed by atoms with Crippen molar-refractivity contribution in [1.82, 2.24) is 20.9 Å². The van der Waals surface area contributed by atoms with E-state index in [0.29, 0.717) is 6.54 Å². The Bertz CT molecular complexity index is 984. The van der Waals surface area contributed by atoms with Crippen LogP contribution in [0.5, 0.6) is 0 Å². The number of hydrogen-bond donors (Lipinski definition) is 5. The van der Waals surface area contributed by atoms with Gasteiger partial charge in [0.2, 0.25) is 0 Å². The summed E-state index contributed by atoms with van der Waals surface area (Å²) in [7, 11) is 0. The van der Waals surface area contributed by atoms with Crippen LogP contribution in [0.3, 0.4) is 0 Å². The molecule has 5 rings (SSSR count). The maximum atomic E-state index is 10.3. The molecule has 0 bridgehead atoms. The lowest BCUT2D eigenvalue weighted by Crippen LogP contribution is -2.24. The summed E-state index contributed by atoms with van der Waals surface area (Å²) in [6.45, 7) is 6.14. The van der Waals surface area contributed by atoms with E-state index in [1.807, 2.05) is 18.2 Å². The molecule has 1 atom stereocenters. The Morgan fingerprint density at radius 2 is 1.97 bits per heavy atom. The van der Waals surface area contributed by atoms with E-state index in [4.69, 9.17) is 14.6 Å². The van der Waals surface area contributed by atoms with Crippen molar-refractivity contribution in [1.29, 1.82) is 0 Å². The lowest BCUT2D eigenvalue weighted by atomic mass is 9.98. The van der Waals surface area contributed by atoms with Crippen LogP contribution < -0.4 is 16.0 Å². The van der Waals surface area contributed by atoms with Crippen molar-refractivity contribution >= 4 is 6.09 Å². The first-order valence-corrected chi connectivity index (χ1v) is 11.1. The maximum absolute atomic E-state index is 10.3. The molecule has 0 saturated carbocycles. The van der Waals surface area contributed by atoms with E-state index >= 15 is 0 Å². The van der Waals surface area contributed by atoms with E-state index < -0.39 is 6.09 Å². The van der Waals surface area contributed by atoms with Crippen molar-refractivity contribution < 1.29 is 19.4 Å². The van der Waals surface area contributed by atoms with Crippen LogP contribution in [0.1, 0.15) is 28.7 Å². The van der Waals surface area contributed by atoms with Crippen LogP contribution in [0.25, 0.3) is 11.3 Å². The summed E-state index contributed by atoms with van der Waals surface area (Å²) in [5.74, 6) is 0.815. The van der Waals surface area contributed by atoms with Gasteiger partial charge < -0.3 is 30.6 Å². The Labute approximate surface area is 194 Å². The van der Waals surface area contributed by atoms with Crippen LogP contribution in [0, 0.1) is 6.92 Å². The minimum atomic E-state index is -0.977. The van der Waals surface area contributed by atoms with E-state index in [-0.39, 0.29) is 6.10 Å². The number of rotatable bonds is 3. The molecule has 3 heterocycles. The fraction of sp³-hybridized carbons (Fsp3) is 0.360. The van der Waals surface area contributed by atoms with Gasteiger partial charge in [-0.3, -0.25) is 0 Å². The van der Waals surface area contributed by atoms with Gasteiger partial charge >= 0.3 is 6.09 Å². The van der Waals surface area contributed by atoms with Gasteiger partial charge in [-0.25, -0.2) is 9.78 Å². The zero-order valence-electron chi connectivity index (χ0n) is 18.9. The summed E-state index contributed by atoms with van der Waals surface area (Å²) < 4.78 is 5.15. The van der Waals surface area contributed by atoms with E-state index in [0.717, 1.165) is 55.9 Å². The maximum Gasteiger partial charge on any atom is 0.404 e. The zero-order valence-corrected chi connectivity index (χ0v) is 18.9. The molecule has 0 spiro atoms. The number of oxazole rings is 1. The Kier molecular flexibility index (Phi) is 9.44. The van der Waals surface area contributed by atoms with E-state index in [9.17, 15) is 4.79 Å². The van der Waals surface area contributed by atoms with Crippen molar-refractivity contribution in [3.8, 4) is 11.3 Å². The smallest absolute Gasteiger partial charge is 0.404 e. The fourth-order valence-electron chi connectivity index (χ4n) is 3.53. The van der Waals surface area contributed by atoms with Crippen LogP contribution in [-0.2, 0) is 19.5 Å². The molecule has 1 unspecified atom stereocenters. The minimum Gasteiger partial charge on any atom is -0.465 e. The van der Waals surface area contributed by atoms with Crippen LogP contribution in [0.2, 0.25) is 0 Å². The Morgan fingerprint density at radius 3 is 2.58 bits per heavy atom. The number of benzene rings is 2. The predicted molar refractivity (Wildman–Crippen MR) is 127 cm³/mol. The molecule has 8 heteroatoms. The van der Waals surface area contributed by atoms with Gasteiger partial charge in [-0.1, -0.05) is 48.0 Å². The highest BCUT2D eigenvalue weighted by molar-refractivity contribution is 5.64. The van der Waals surface area contributed by atoms with Gasteiger partial charge in [0.1, 0.15) is 0 Å². The van der Waals surface area contributed by atoms with Crippen LogP contribution >= 0.6 is 0 Å². The molecule has 1 saturated heterocycles. The molecule has 1 aromatic heterocycles. The first-order valence-electron chi connectivity index (χ1n) is 11.1.